The van der Waals surface area contributed by atoms with Crippen LogP contribution in [-0.4, -0.2) is 23.1 Å². The monoisotopic (exact) mass is 317 g/mol. The Labute approximate surface area is 134 Å². The molecule has 110 valence electrons. The molecule has 3 rings (SSSR count). The molecule has 2 nitrogen and oxygen atoms in total. The van der Waals surface area contributed by atoms with Crippen LogP contribution < -0.4 is 0 Å². The molecule has 21 heavy (non-hydrogen) atoms. The van der Waals surface area contributed by atoms with Crippen molar-refractivity contribution in [3.8, 4) is 0 Å². The second-order valence-corrected chi connectivity index (χ2v) is 7.40. The van der Waals surface area contributed by atoms with Gasteiger partial charge in [0.2, 0.25) is 5.91 Å². The number of carbonyl (C=O) groups is 1. The van der Waals surface area contributed by atoms with E-state index in [9.17, 15) is 4.79 Å². The quantitative estimate of drug-likeness (QED) is 0.853. The number of carbonyl (C=O) groups excluding carboxylic acids is 1. The first kappa shape index (κ1) is 14.7. The van der Waals surface area contributed by atoms with Gasteiger partial charge < -0.3 is 4.90 Å². The number of rotatable bonds is 4. The molecule has 2 aromatic rings. The van der Waals surface area contributed by atoms with Gasteiger partial charge in [-0.1, -0.05) is 29.8 Å². The van der Waals surface area contributed by atoms with Crippen LogP contribution in [0.15, 0.2) is 35.7 Å². The molecule has 2 heterocycles. The van der Waals surface area contributed by atoms with Gasteiger partial charge in [0.05, 0.1) is 5.75 Å². The minimum absolute atomic E-state index is 0.268. The second-order valence-electron chi connectivity index (χ2n) is 5.41. The number of hydrogen-bond acceptors (Lipinski definition) is 3. The Balaban J connectivity index is 1.48. The lowest BCUT2D eigenvalue weighted by molar-refractivity contribution is -0.129. The summed E-state index contributed by atoms with van der Waals surface area (Å²) < 4.78 is 0. The average Bonchev–Trinajstić information content (AvgIpc) is 2.96. The zero-order valence-corrected chi connectivity index (χ0v) is 13.8. The molecule has 0 radical (unpaired) electrons. The van der Waals surface area contributed by atoms with Crippen LogP contribution in [0.25, 0.3) is 0 Å². The SMILES string of the molecule is Cc1ccc(CSCC(=O)N2CCc3sccc3C2)cc1. The molecule has 1 aromatic carbocycles. The summed E-state index contributed by atoms with van der Waals surface area (Å²) in [7, 11) is 0. The van der Waals surface area contributed by atoms with Crippen molar-refractivity contribution in [1.29, 1.82) is 0 Å². The van der Waals surface area contributed by atoms with Gasteiger partial charge in [0.25, 0.3) is 0 Å². The molecule has 0 unspecified atom stereocenters. The Kier molecular flexibility index (Phi) is 4.66. The van der Waals surface area contributed by atoms with E-state index in [-0.39, 0.29) is 5.91 Å². The van der Waals surface area contributed by atoms with Crippen molar-refractivity contribution in [1.82, 2.24) is 4.90 Å². The van der Waals surface area contributed by atoms with Gasteiger partial charge in [-0.25, -0.2) is 0 Å². The number of amides is 1. The summed E-state index contributed by atoms with van der Waals surface area (Å²) in [6, 6.07) is 10.7. The molecule has 0 bridgehead atoms. The van der Waals surface area contributed by atoms with Crippen LogP contribution in [0.3, 0.4) is 0 Å². The van der Waals surface area contributed by atoms with E-state index in [2.05, 4.69) is 42.6 Å². The average molecular weight is 317 g/mol. The molecule has 0 saturated carbocycles. The van der Waals surface area contributed by atoms with Crippen molar-refractivity contribution in [2.45, 2.75) is 25.6 Å². The molecular formula is C17H19NOS2. The minimum atomic E-state index is 0.268. The Morgan fingerprint density at radius 3 is 2.90 bits per heavy atom. The maximum absolute atomic E-state index is 12.3. The van der Waals surface area contributed by atoms with Crippen molar-refractivity contribution in [3.63, 3.8) is 0 Å². The molecule has 0 spiro atoms. The highest BCUT2D eigenvalue weighted by Gasteiger charge is 2.20. The molecule has 0 N–H and O–H groups in total. The first-order chi connectivity index (χ1) is 10.2. The lowest BCUT2D eigenvalue weighted by Crippen LogP contribution is -2.36. The zero-order chi connectivity index (χ0) is 14.7. The summed E-state index contributed by atoms with van der Waals surface area (Å²) >= 11 is 3.52. The van der Waals surface area contributed by atoms with E-state index in [1.54, 1.807) is 11.8 Å². The first-order valence-electron chi connectivity index (χ1n) is 7.18. The zero-order valence-electron chi connectivity index (χ0n) is 12.2. The summed E-state index contributed by atoms with van der Waals surface area (Å²) in [6.45, 7) is 3.76. The largest absolute Gasteiger partial charge is 0.337 e. The third kappa shape index (κ3) is 3.69. The molecule has 0 saturated heterocycles. The molecule has 4 heteroatoms. The highest BCUT2D eigenvalue weighted by Crippen LogP contribution is 2.24. The van der Waals surface area contributed by atoms with Crippen molar-refractivity contribution in [3.05, 3.63) is 57.3 Å². The third-order valence-electron chi connectivity index (χ3n) is 3.78. The fourth-order valence-electron chi connectivity index (χ4n) is 2.49. The number of fused-ring (bicyclic) bond motifs is 1. The second kappa shape index (κ2) is 6.67. The Hall–Kier alpha value is -1.26. The van der Waals surface area contributed by atoms with E-state index >= 15 is 0 Å². The van der Waals surface area contributed by atoms with Gasteiger partial charge >= 0.3 is 0 Å². The summed E-state index contributed by atoms with van der Waals surface area (Å²) in [6.07, 6.45) is 1.02. The van der Waals surface area contributed by atoms with Gasteiger partial charge in [-0.05, 0) is 35.9 Å². The Morgan fingerprint density at radius 1 is 1.29 bits per heavy atom. The molecule has 1 aliphatic rings. The van der Waals surface area contributed by atoms with Crippen LogP contribution >= 0.6 is 23.1 Å². The molecule has 1 amide bonds. The minimum Gasteiger partial charge on any atom is -0.337 e. The standard InChI is InChI=1S/C17H19NOS2/c1-13-2-4-14(5-3-13)11-20-12-17(19)18-8-6-16-15(10-18)7-9-21-16/h2-5,7,9H,6,8,10-12H2,1H3. The summed E-state index contributed by atoms with van der Waals surface area (Å²) in [5.74, 6) is 1.75. The normalized spacial score (nSPS) is 14.0. The summed E-state index contributed by atoms with van der Waals surface area (Å²) in [5, 5.41) is 2.13. The van der Waals surface area contributed by atoms with Crippen molar-refractivity contribution in [2.75, 3.05) is 12.3 Å². The lowest BCUT2D eigenvalue weighted by atomic mass is 10.1. The maximum atomic E-state index is 12.3. The van der Waals surface area contributed by atoms with Crippen molar-refractivity contribution >= 4 is 29.0 Å². The number of nitrogens with zero attached hydrogens (tertiary/aromatic N) is 1. The van der Waals surface area contributed by atoms with E-state index < -0.39 is 0 Å². The van der Waals surface area contributed by atoms with Gasteiger partial charge in [-0.3, -0.25) is 4.79 Å². The molecular weight excluding hydrogens is 298 g/mol. The van der Waals surface area contributed by atoms with Gasteiger partial charge in [0.1, 0.15) is 0 Å². The van der Waals surface area contributed by atoms with Crippen LogP contribution in [0.2, 0.25) is 0 Å². The highest BCUT2D eigenvalue weighted by molar-refractivity contribution is 7.99. The molecule has 0 atom stereocenters. The number of thiophene rings is 1. The first-order valence-corrected chi connectivity index (χ1v) is 9.22. The van der Waals surface area contributed by atoms with Crippen molar-refractivity contribution in [2.24, 2.45) is 0 Å². The van der Waals surface area contributed by atoms with E-state index in [0.29, 0.717) is 5.75 Å². The lowest BCUT2D eigenvalue weighted by Gasteiger charge is -2.27. The summed E-state index contributed by atoms with van der Waals surface area (Å²) in [5.41, 5.74) is 3.90. The maximum Gasteiger partial charge on any atom is 0.232 e. The molecule has 1 aromatic heterocycles. The number of benzene rings is 1. The molecule has 0 fully saturated rings. The Bertz CT molecular complexity index is 618. The van der Waals surface area contributed by atoms with Crippen LogP contribution in [0.5, 0.6) is 0 Å². The van der Waals surface area contributed by atoms with Crippen molar-refractivity contribution < 1.29 is 4.79 Å². The number of hydrogen-bond donors (Lipinski definition) is 0. The van der Waals surface area contributed by atoms with Crippen LogP contribution in [-0.2, 0) is 23.5 Å². The number of aryl methyl sites for hydroxylation is 1. The summed E-state index contributed by atoms with van der Waals surface area (Å²) in [4.78, 5) is 15.7. The topological polar surface area (TPSA) is 20.3 Å². The Morgan fingerprint density at radius 2 is 2.10 bits per heavy atom. The van der Waals surface area contributed by atoms with Gasteiger partial charge in [-0.15, -0.1) is 23.1 Å². The smallest absolute Gasteiger partial charge is 0.232 e. The van der Waals surface area contributed by atoms with Crippen LogP contribution in [0.1, 0.15) is 21.6 Å². The predicted molar refractivity (Wildman–Crippen MR) is 90.8 cm³/mol. The highest BCUT2D eigenvalue weighted by atomic mass is 32.2. The van der Waals surface area contributed by atoms with Gasteiger partial charge in [0.15, 0.2) is 0 Å². The van der Waals surface area contributed by atoms with E-state index in [4.69, 9.17) is 0 Å². The molecule has 1 aliphatic heterocycles. The fourth-order valence-corrected chi connectivity index (χ4v) is 4.27. The van der Waals surface area contributed by atoms with E-state index in [0.717, 1.165) is 25.3 Å². The van der Waals surface area contributed by atoms with E-state index in [1.165, 1.54) is 21.6 Å². The third-order valence-corrected chi connectivity index (χ3v) is 5.79. The van der Waals surface area contributed by atoms with Gasteiger partial charge in [0, 0.05) is 23.7 Å². The van der Waals surface area contributed by atoms with Gasteiger partial charge in [-0.2, -0.15) is 0 Å². The van der Waals surface area contributed by atoms with Crippen LogP contribution in [0.4, 0.5) is 0 Å². The number of thioether (sulfide) groups is 1. The van der Waals surface area contributed by atoms with E-state index in [1.807, 2.05) is 16.2 Å². The predicted octanol–water partition coefficient (Wildman–Crippen LogP) is 3.87. The van der Waals surface area contributed by atoms with Crippen LogP contribution in [0, 0.1) is 6.92 Å². The molecule has 0 aliphatic carbocycles. The fraction of sp³-hybridized carbons (Fsp3) is 0.353.